The molecule has 0 spiro atoms. The van der Waals surface area contributed by atoms with E-state index in [0.717, 1.165) is 6.42 Å². The Balaban J connectivity index is 3.41. The minimum atomic E-state index is -0.480. The van der Waals surface area contributed by atoms with Gasteiger partial charge in [0, 0.05) is 6.54 Å². The van der Waals surface area contributed by atoms with Crippen molar-refractivity contribution in [2.45, 2.75) is 39.7 Å². The Labute approximate surface area is 108 Å². The lowest BCUT2D eigenvalue weighted by Gasteiger charge is -2.19. The Hall–Kier alpha value is -1.30. The first-order valence-corrected chi connectivity index (χ1v) is 6.18. The molecule has 0 radical (unpaired) electrons. The largest absolute Gasteiger partial charge is 0.465 e. The summed E-state index contributed by atoms with van der Waals surface area (Å²) in [5.41, 5.74) is -0.480. The van der Waals surface area contributed by atoms with Crippen molar-refractivity contribution in [2.75, 3.05) is 26.2 Å². The molecule has 0 fully saturated rings. The highest BCUT2D eigenvalue weighted by Crippen LogP contribution is 2.06. The highest BCUT2D eigenvalue weighted by atomic mass is 16.6. The van der Waals surface area contributed by atoms with Crippen molar-refractivity contribution >= 4 is 12.1 Å². The third-order valence-corrected chi connectivity index (χ3v) is 1.77. The second-order valence-electron chi connectivity index (χ2n) is 4.76. The lowest BCUT2D eigenvalue weighted by atomic mass is 10.2. The molecule has 0 unspecified atom stereocenters. The van der Waals surface area contributed by atoms with Gasteiger partial charge in [0.15, 0.2) is 0 Å². The van der Waals surface area contributed by atoms with Crippen LogP contribution in [0.4, 0.5) is 4.79 Å². The summed E-state index contributed by atoms with van der Waals surface area (Å²) in [5, 5.41) is 5.56. The summed E-state index contributed by atoms with van der Waals surface area (Å²) < 4.78 is 9.82. The number of alkyl carbamates (subject to hydrolysis) is 1. The molecule has 106 valence electrons. The van der Waals surface area contributed by atoms with Crippen LogP contribution in [0, 0.1) is 0 Å². The van der Waals surface area contributed by atoms with E-state index in [4.69, 9.17) is 9.47 Å². The number of carbonyl (C=O) groups excluding carboxylic acids is 2. The topological polar surface area (TPSA) is 76.7 Å². The van der Waals surface area contributed by atoms with Gasteiger partial charge in [0.2, 0.25) is 0 Å². The summed E-state index contributed by atoms with van der Waals surface area (Å²) in [6.07, 6.45) is 0.298. The maximum absolute atomic E-state index is 11.3. The van der Waals surface area contributed by atoms with Crippen LogP contribution >= 0.6 is 0 Å². The zero-order valence-corrected chi connectivity index (χ0v) is 11.7. The molecular weight excluding hydrogens is 236 g/mol. The molecule has 0 aliphatic heterocycles. The van der Waals surface area contributed by atoms with E-state index in [1.54, 1.807) is 6.92 Å². The molecule has 0 bridgehead atoms. The third-order valence-electron chi connectivity index (χ3n) is 1.77. The van der Waals surface area contributed by atoms with E-state index >= 15 is 0 Å². The second kappa shape index (κ2) is 8.74. The van der Waals surface area contributed by atoms with E-state index < -0.39 is 11.7 Å². The normalized spacial score (nSPS) is 10.9. The molecule has 1 amide bonds. The highest BCUT2D eigenvalue weighted by molar-refractivity contribution is 5.71. The van der Waals surface area contributed by atoms with Gasteiger partial charge >= 0.3 is 12.1 Å². The molecule has 2 N–H and O–H groups in total. The van der Waals surface area contributed by atoms with Crippen LogP contribution in [0.25, 0.3) is 0 Å². The molecule has 0 rings (SSSR count). The van der Waals surface area contributed by atoms with Crippen LogP contribution in [0.2, 0.25) is 0 Å². The summed E-state index contributed by atoms with van der Waals surface area (Å²) in [6, 6.07) is 0. The van der Waals surface area contributed by atoms with Crippen LogP contribution < -0.4 is 10.6 Å². The van der Waals surface area contributed by atoms with Crippen LogP contribution in [0.15, 0.2) is 0 Å². The smallest absolute Gasteiger partial charge is 0.407 e. The van der Waals surface area contributed by atoms with Gasteiger partial charge in [-0.25, -0.2) is 4.79 Å². The number of nitrogens with one attached hydrogen (secondary N) is 2. The Morgan fingerprint density at radius 1 is 1.17 bits per heavy atom. The fourth-order valence-electron chi connectivity index (χ4n) is 1.12. The lowest BCUT2D eigenvalue weighted by Crippen LogP contribution is -2.34. The van der Waals surface area contributed by atoms with Crippen molar-refractivity contribution < 1.29 is 19.1 Å². The Morgan fingerprint density at radius 2 is 1.83 bits per heavy atom. The van der Waals surface area contributed by atoms with Gasteiger partial charge in [-0.2, -0.15) is 0 Å². The first-order valence-electron chi connectivity index (χ1n) is 6.18. The minimum Gasteiger partial charge on any atom is -0.465 e. The predicted molar refractivity (Wildman–Crippen MR) is 68.4 cm³/mol. The number of hydrogen-bond donors (Lipinski definition) is 2. The lowest BCUT2D eigenvalue weighted by molar-refractivity contribution is -0.141. The van der Waals surface area contributed by atoms with E-state index in [2.05, 4.69) is 10.6 Å². The zero-order valence-electron chi connectivity index (χ0n) is 11.7. The minimum absolute atomic E-state index is 0.195. The first-order chi connectivity index (χ1) is 8.35. The maximum Gasteiger partial charge on any atom is 0.407 e. The highest BCUT2D eigenvalue weighted by Gasteiger charge is 2.15. The number of esters is 1. The quantitative estimate of drug-likeness (QED) is 0.528. The number of hydrogen-bond acceptors (Lipinski definition) is 5. The number of carbonyl (C=O) groups is 2. The molecule has 6 nitrogen and oxygen atoms in total. The third kappa shape index (κ3) is 11.2. The molecule has 6 heteroatoms. The van der Waals surface area contributed by atoms with Crippen LogP contribution in [0.3, 0.4) is 0 Å². The predicted octanol–water partition coefficient (Wildman–Crippen LogP) is 1.05. The van der Waals surface area contributed by atoms with Gasteiger partial charge in [-0.1, -0.05) is 0 Å². The Bertz CT molecular complexity index is 261. The van der Waals surface area contributed by atoms with Crippen molar-refractivity contribution in [1.29, 1.82) is 0 Å². The standard InChI is InChI=1S/C12H24N2O4/c1-5-17-10(15)9-13-7-6-8-14-11(16)18-12(2,3)4/h13H,5-9H2,1-4H3,(H,14,16). The Kier molecular flexibility index (Phi) is 8.11. The van der Waals surface area contributed by atoms with Gasteiger partial charge in [0.25, 0.3) is 0 Å². The molecule has 0 aliphatic rings. The van der Waals surface area contributed by atoms with E-state index in [0.29, 0.717) is 19.7 Å². The maximum atomic E-state index is 11.3. The molecule has 0 heterocycles. The fraction of sp³-hybridized carbons (Fsp3) is 0.833. The van der Waals surface area contributed by atoms with Gasteiger partial charge in [-0.05, 0) is 40.7 Å². The monoisotopic (exact) mass is 260 g/mol. The summed E-state index contributed by atoms with van der Waals surface area (Å²) >= 11 is 0. The van der Waals surface area contributed by atoms with Crippen LogP contribution in [0.1, 0.15) is 34.1 Å². The molecular formula is C12H24N2O4. The molecule has 0 aromatic carbocycles. The van der Waals surface area contributed by atoms with Crippen molar-refractivity contribution in [1.82, 2.24) is 10.6 Å². The zero-order chi connectivity index (χ0) is 14.0. The van der Waals surface area contributed by atoms with Crippen molar-refractivity contribution in [2.24, 2.45) is 0 Å². The van der Waals surface area contributed by atoms with Crippen molar-refractivity contribution in [3.63, 3.8) is 0 Å². The average Bonchev–Trinajstić information content (AvgIpc) is 2.21. The van der Waals surface area contributed by atoms with Gasteiger partial charge < -0.3 is 20.1 Å². The Morgan fingerprint density at radius 3 is 2.39 bits per heavy atom. The van der Waals surface area contributed by atoms with Crippen molar-refractivity contribution in [3.05, 3.63) is 0 Å². The van der Waals surface area contributed by atoms with E-state index in [1.807, 2.05) is 20.8 Å². The molecule has 0 atom stereocenters. The van der Waals surface area contributed by atoms with E-state index in [9.17, 15) is 9.59 Å². The van der Waals surface area contributed by atoms with Crippen LogP contribution in [-0.2, 0) is 14.3 Å². The van der Waals surface area contributed by atoms with Gasteiger partial charge in [-0.3, -0.25) is 4.79 Å². The molecule has 0 aromatic rings. The summed E-state index contributed by atoms with van der Waals surface area (Å²) in [6.45, 7) is 8.93. The van der Waals surface area contributed by atoms with Crippen LogP contribution in [-0.4, -0.2) is 43.9 Å². The molecule has 0 saturated carbocycles. The number of rotatable bonds is 7. The summed E-state index contributed by atoms with van der Waals surface area (Å²) in [7, 11) is 0. The van der Waals surface area contributed by atoms with E-state index in [-0.39, 0.29) is 12.5 Å². The fourth-order valence-corrected chi connectivity index (χ4v) is 1.12. The van der Waals surface area contributed by atoms with E-state index in [1.165, 1.54) is 0 Å². The summed E-state index contributed by atoms with van der Waals surface area (Å²) in [5.74, 6) is -0.266. The molecule has 0 saturated heterocycles. The molecule has 0 aliphatic carbocycles. The second-order valence-corrected chi connectivity index (χ2v) is 4.76. The average molecular weight is 260 g/mol. The number of ether oxygens (including phenoxy) is 2. The summed E-state index contributed by atoms with van der Waals surface area (Å²) in [4.78, 5) is 22.2. The molecule has 0 aromatic heterocycles. The van der Waals surface area contributed by atoms with Crippen LogP contribution in [0.5, 0.6) is 0 Å². The van der Waals surface area contributed by atoms with Crippen molar-refractivity contribution in [3.8, 4) is 0 Å². The SMILES string of the molecule is CCOC(=O)CNCCCNC(=O)OC(C)(C)C. The number of amides is 1. The van der Waals surface area contributed by atoms with Gasteiger partial charge in [0.1, 0.15) is 5.60 Å². The first kappa shape index (κ1) is 16.7. The molecule has 18 heavy (non-hydrogen) atoms. The van der Waals surface area contributed by atoms with Gasteiger partial charge in [-0.15, -0.1) is 0 Å². The van der Waals surface area contributed by atoms with Gasteiger partial charge in [0.05, 0.1) is 13.2 Å².